The van der Waals surface area contributed by atoms with Crippen LogP contribution in [0.25, 0.3) is 0 Å². The number of aldehydes is 1. The molecule has 0 radical (unpaired) electrons. The molecule has 0 aromatic rings. The van der Waals surface area contributed by atoms with E-state index in [2.05, 4.69) is 22.6 Å². The lowest BCUT2D eigenvalue weighted by Crippen LogP contribution is -1.87. The van der Waals surface area contributed by atoms with Gasteiger partial charge >= 0.3 is 0 Å². The highest BCUT2D eigenvalue weighted by atomic mass is 127. The highest BCUT2D eigenvalue weighted by molar-refractivity contribution is 14.1. The monoisotopic (exact) mass is 198 g/mol. The van der Waals surface area contributed by atoms with Crippen LogP contribution in [0.5, 0.6) is 0 Å². The molecule has 0 heterocycles. The summed E-state index contributed by atoms with van der Waals surface area (Å²) in [6.07, 6.45) is 1.62. The van der Waals surface area contributed by atoms with Crippen molar-refractivity contribution < 1.29 is 4.79 Å². The van der Waals surface area contributed by atoms with Gasteiger partial charge in [-0.2, -0.15) is 0 Å². The van der Waals surface area contributed by atoms with Gasteiger partial charge in [0.25, 0.3) is 0 Å². The molecule has 6 heavy (non-hydrogen) atoms. The first-order valence-electron chi connectivity index (χ1n) is 1.85. The van der Waals surface area contributed by atoms with Crippen molar-refractivity contribution in [3.05, 3.63) is 0 Å². The minimum Gasteiger partial charge on any atom is -0.303 e. The number of alkyl halides is 1. The van der Waals surface area contributed by atoms with Gasteiger partial charge in [0.2, 0.25) is 0 Å². The summed E-state index contributed by atoms with van der Waals surface area (Å²) in [5, 5.41) is 0. The molecular formula is C4H7IO. The molecule has 36 valence electrons. The number of carbonyl (C=O) groups excluding carboxylic acids is 1. The Morgan fingerprint density at radius 3 is 2.50 bits per heavy atom. The first-order chi connectivity index (χ1) is 2.77. The maximum Gasteiger partial charge on any atom is 0.121 e. The summed E-state index contributed by atoms with van der Waals surface area (Å²) in [5.74, 6) is 0. The van der Waals surface area contributed by atoms with Crippen molar-refractivity contribution in [2.75, 3.05) is 0 Å². The minimum atomic E-state index is 0.500. The van der Waals surface area contributed by atoms with Crippen LogP contribution in [-0.4, -0.2) is 10.2 Å². The molecule has 2 heteroatoms. The van der Waals surface area contributed by atoms with Gasteiger partial charge in [0.15, 0.2) is 0 Å². The average molecular weight is 198 g/mol. The van der Waals surface area contributed by atoms with Crippen molar-refractivity contribution in [1.29, 1.82) is 0 Å². The van der Waals surface area contributed by atoms with Crippen LogP contribution in [-0.2, 0) is 4.79 Å². The van der Waals surface area contributed by atoms with E-state index in [9.17, 15) is 4.79 Å². The number of carbonyl (C=O) groups is 1. The molecule has 0 spiro atoms. The van der Waals surface area contributed by atoms with E-state index in [1.54, 1.807) is 0 Å². The number of halogens is 1. The molecule has 1 unspecified atom stereocenters. The molecule has 0 aliphatic heterocycles. The Labute approximate surface area is 51.3 Å². The Balaban J connectivity index is 2.81. The van der Waals surface area contributed by atoms with Crippen LogP contribution in [0.1, 0.15) is 13.3 Å². The zero-order valence-corrected chi connectivity index (χ0v) is 5.81. The lowest BCUT2D eigenvalue weighted by atomic mass is 10.4. The van der Waals surface area contributed by atoms with Gasteiger partial charge in [0.05, 0.1) is 0 Å². The van der Waals surface area contributed by atoms with E-state index in [1.807, 2.05) is 6.92 Å². The van der Waals surface area contributed by atoms with Gasteiger partial charge in [-0.25, -0.2) is 0 Å². The van der Waals surface area contributed by atoms with E-state index in [-0.39, 0.29) is 0 Å². The van der Waals surface area contributed by atoms with Gasteiger partial charge in [-0.15, -0.1) is 0 Å². The summed E-state index contributed by atoms with van der Waals surface area (Å²) < 4.78 is 0.500. The lowest BCUT2D eigenvalue weighted by molar-refractivity contribution is -0.107. The molecule has 0 aliphatic carbocycles. The normalized spacial score (nSPS) is 13.7. The van der Waals surface area contributed by atoms with E-state index >= 15 is 0 Å². The molecule has 0 aliphatic rings. The second-order valence-corrected chi connectivity index (χ2v) is 3.31. The van der Waals surface area contributed by atoms with Crippen molar-refractivity contribution >= 4 is 28.9 Å². The van der Waals surface area contributed by atoms with E-state index in [4.69, 9.17) is 0 Å². The third-order valence-electron chi connectivity index (χ3n) is 0.421. The molecule has 0 fully saturated rings. The maximum atomic E-state index is 9.61. The molecular weight excluding hydrogens is 191 g/mol. The summed E-state index contributed by atoms with van der Waals surface area (Å²) in [5.41, 5.74) is 0. The number of hydrogen-bond acceptors (Lipinski definition) is 1. The largest absolute Gasteiger partial charge is 0.303 e. The van der Waals surface area contributed by atoms with Crippen LogP contribution < -0.4 is 0 Å². The fourth-order valence-electron chi connectivity index (χ4n) is 0.133. The molecule has 0 amide bonds. The van der Waals surface area contributed by atoms with Crippen LogP contribution in [0.2, 0.25) is 0 Å². The molecule has 0 N–H and O–H groups in total. The summed E-state index contributed by atoms with van der Waals surface area (Å²) in [6, 6.07) is 0. The molecule has 0 rings (SSSR count). The molecule has 0 bridgehead atoms. The molecule has 0 saturated carbocycles. The highest BCUT2D eigenvalue weighted by Gasteiger charge is 1.88. The van der Waals surface area contributed by atoms with E-state index in [1.165, 1.54) is 0 Å². The Bertz CT molecular complexity index is 42.8. The van der Waals surface area contributed by atoms with Crippen LogP contribution >= 0.6 is 22.6 Å². The summed E-state index contributed by atoms with van der Waals surface area (Å²) >= 11 is 2.21. The van der Waals surface area contributed by atoms with Crippen molar-refractivity contribution in [2.24, 2.45) is 0 Å². The molecule has 0 aromatic heterocycles. The third-order valence-corrected chi connectivity index (χ3v) is 0.930. The van der Waals surface area contributed by atoms with E-state index in [0.29, 0.717) is 10.3 Å². The topological polar surface area (TPSA) is 17.1 Å². The lowest BCUT2D eigenvalue weighted by Gasteiger charge is -1.87. The maximum absolute atomic E-state index is 9.61. The summed E-state index contributed by atoms with van der Waals surface area (Å²) in [6.45, 7) is 2.01. The summed E-state index contributed by atoms with van der Waals surface area (Å²) in [7, 11) is 0. The standard InChI is InChI=1S/C4H7IO/c1-4(5)2-3-6/h3-4H,2H2,1H3. The fourth-order valence-corrected chi connectivity index (χ4v) is 0.340. The van der Waals surface area contributed by atoms with E-state index in [0.717, 1.165) is 6.29 Å². The Kier molecular flexibility index (Phi) is 3.82. The second-order valence-electron chi connectivity index (χ2n) is 1.18. The fraction of sp³-hybridized carbons (Fsp3) is 0.750. The SMILES string of the molecule is CC(I)CC=O. The first kappa shape index (κ1) is 6.40. The van der Waals surface area contributed by atoms with Crippen molar-refractivity contribution in [3.8, 4) is 0 Å². The van der Waals surface area contributed by atoms with Crippen LogP contribution in [0.15, 0.2) is 0 Å². The van der Waals surface area contributed by atoms with Crippen LogP contribution in [0.4, 0.5) is 0 Å². The van der Waals surface area contributed by atoms with Gasteiger partial charge < -0.3 is 4.79 Å². The molecule has 0 aromatic carbocycles. The first-order valence-corrected chi connectivity index (χ1v) is 3.09. The quantitative estimate of drug-likeness (QED) is 0.372. The van der Waals surface area contributed by atoms with Gasteiger partial charge in [-0.3, -0.25) is 0 Å². The van der Waals surface area contributed by atoms with Crippen LogP contribution in [0.3, 0.4) is 0 Å². The van der Waals surface area contributed by atoms with Crippen molar-refractivity contribution in [3.63, 3.8) is 0 Å². The third kappa shape index (κ3) is 4.40. The predicted octanol–water partition coefficient (Wildman–Crippen LogP) is 1.40. The van der Waals surface area contributed by atoms with Crippen molar-refractivity contribution in [1.82, 2.24) is 0 Å². The smallest absolute Gasteiger partial charge is 0.121 e. The van der Waals surface area contributed by atoms with Gasteiger partial charge in [0.1, 0.15) is 6.29 Å². The highest BCUT2D eigenvalue weighted by Crippen LogP contribution is 1.99. The van der Waals surface area contributed by atoms with E-state index < -0.39 is 0 Å². The zero-order chi connectivity index (χ0) is 4.99. The molecule has 1 atom stereocenters. The zero-order valence-electron chi connectivity index (χ0n) is 3.65. The van der Waals surface area contributed by atoms with Gasteiger partial charge in [-0.05, 0) is 0 Å². The Hall–Kier alpha value is 0.400. The number of rotatable bonds is 2. The average Bonchev–Trinajstić information content (AvgIpc) is 1.35. The van der Waals surface area contributed by atoms with Gasteiger partial charge in [0, 0.05) is 10.3 Å². The molecule has 0 saturated heterocycles. The van der Waals surface area contributed by atoms with Crippen LogP contribution in [0, 0.1) is 0 Å². The minimum absolute atomic E-state index is 0.500. The Morgan fingerprint density at radius 2 is 2.50 bits per heavy atom. The Morgan fingerprint density at radius 1 is 2.00 bits per heavy atom. The summed E-state index contributed by atoms with van der Waals surface area (Å²) in [4.78, 5) is 9.61. The predicted molar refractivity (Wildman–Crippen MR) is 34.2 cm³/mol. The second kappa shape index (κ2) is 3.59. The number of hydrogen-bond donors (Lipinski definition) is 0. The van der Waals surface area contributed by atoms with Gasteiger partial charge in [-0.1, -0.05) is 29.5 Å². The van der Waals surface area contributed by atoms with Crippen molar-refractivity contribution in [2.45, 2.75) is 17.3 Å². The molecule has 1 nitrogen and oxygen atoms in total.